The number of pyridine rings is 1. The van der Waals surface area contributed by atoms with E-state index in [0.29, 0.717) is 50.3 Å². The first-order chi connectivity index (χ1) is 15.4. The van der Waals surface area contributed by atoms with Gasteiger partial charge in [-0.05, 0) is 24.6 Å². The molecular formula is C24H24FN3O3S. The molecule has 0 amide bonds. The first-order valence-corrected chi connectivity index (χ1v) is 11.0. The average Bonchev–Trinajstić information content (AvgIpc) is 2.80. The number of piperazine rings is 1. The van der Waals surface area contributed by atoms with Crippen molar-refractivity contribution in [1.82, 2.24) is 9.47 Å². The van der Waals surface area contributed by atoms with Crippen molar-refractivity contribution in [2.45, 2.75) is 19.9 Å². The van der Waals surface area contributed by atoms with Crippen LogP contribution in [0.2, 0.25) is 0 Å². The van der Waals surface area contributed by atoms with E-state index < -0.39 is 17.2 Å². The lowest BCUT2D eigenvalue weighted by molar-refractivity contribution is 0.0695. The number of carboxylic acid groups (broad SMARTS) is 1. The van der Waals surface area contributed by atoms with Crippen molar-refractivity contribution in [3.63, 3.8) is 0 Å². The second-order valence-electron chi connectivity index (χ2n) is 7.81. The fourth-order valence-electron chi connectivity index (χ4n) is 4.13. The Morgan fingerprint density at radius 2 is 1.81 bits per heavy atom. The molecule has 166 valence electrons. The number of nitrogens with zero attached hydrogens (tertiary/aromatic N) is 3. The van der Waals surface area contributed by atoms with Crippen LogP contribution in [0.15, 0.2) is 53.5 Å². The molecule has 4 rings (SSSR count). The van der Waals surface area contributed by atoms with Gasteiger partial charge in [0, 0.05) is 50.7 Å². The number of halogens is 1. The Kier molecular flexibility index (Phi) is 6.23. The Balaban J connectivity index is 1.56. The van der Waals surface area contributed by atoms with E-state index in [-0.39, 0.29) is 10.9 Å². The van der Waals surface area contributed by atoms with Gasteiger partial charge in [-0.1, -0.05) is 42.5 Å². The Bertz CT molecular complexity index is 1230. The summed E-state index contributed by atoms with van der Waals surface area (Å²) in [5, 5.41) is 9.38. The summed E-state index contributed by atoms with van der Waals surface area (Å²) in [5.74, 6) is -1.84. The highest BCUT2D eigenvalue weighted by atomic mass is 32.1. The van der Waals surface area contributed by atoms with Gasteiger partial charge in [0.1, 0.15) is 11.4 Å². The quantitative estimate of drug-likeness (QED) is 0.596. The maximum Gasteiger partial charge on any atom is 0.341 e. The number of aromatic nitrogens is 1. The summed E-state index contributed by atoms with van der Waals surface area (Å²) in [6.07, 6.45) is 2.03. The van der Waals surface area contributed by atoms with E-state index in [4.69, 9.17) is 12.2 Å². The van der Waals surface area contributed by atoms with Crippen molar-refractivity contribution in [3.05, 3.63) is 75.8 Å². The van der Waals surface area contributed by atoms with Crippen molar-refractivity contribution in [1.29, 1.82) is 0 Å². The molecule has 0 spiro atoms. The number of hydrogen-bond acceptors (Lipinski definition) is 4. The van der Waals surface area contributed by atoms with E-state index in [9.17, 15) is 14.7 Å². The molecule has 0 aliphatic carbocycles. The summed E-state index contributed by atoms with van der Waals surface area (Å²) in [4.78, 5) is 28.9. The van der Waals surface area contributed by atoms with Gasteiger partial charge in [-0.2, -0.15) is 0 Å². The molecule has 1 aliphatic rings. The Labute approximate surface area is 190 Å². The highest BCUT2D eigenvalue weighted by Crippen LogP contribution is 2.26. The van der Waals surface area contributed by atoms with E-state index in [1.165, 1.54) is 11.8 Å². The molecule has 3 aromatic rings. The third-order valence-electron chi connectivity index (χ3n) is 5.89. The van der Waals surface area contributed by atoms with Crippen molar-refractivity contribution < 1.29 is 14.3 Å². The molecule has 1 saturated heterocycles. The fourth-order valence-corrected chi connectivity index (χ4v) is 4.48. The molecule has 1 N–H and O–H groups in total. The number of hydrogen-bond donors (Lipinski definition) is 1. The minimum absolute atomic E-state index is 0.0793. The summed E-state index contributed by atoms with van der Waals surface area (Å²) in [5.41, 5.74) is 1.08. The number of fused-ring (bicyclic) bond motifs is 1. The molecule has 2 aromatic carbocycles. The summed E-state index contributed by atoms with van der Waals surface area (Å²) in [6, 6.07) is 12.9. The van der Waals surface area contributed by atoms with E-state index in [1.54, 1.807) is 10.6 Å². The summed E-state index contributed by atoms with van der Waals surface area (Å²) < 4.78 is 16.7. The molecule has 8 heteroatoms. The van der Waals surface area contributed by atoms with E-state index in [1.807, 2.05) is 30.0 Å². The number of carboxylic acids is 1. The first kappa shape index (κ1) is 22.0. The van der Waals surface area contributed by atoms with Crippen LogP contribution in [0.1, 0.15) is 22.8 Å². The van der Waals surface area contributed by atoms with Crippen LogP contribution in [0.4, 0.5) is 10.1 Å². The molecule has 32 heavy (non-hydrogen) atoms. The largest absolute Gasteiger partial charge is 0.477 e. The van der Waals surface area contributed by atoms with Gasteiger partial charge in [0.05, 0.1) is 16.2 Å². The predicted molar refractivity (Wildman–Crippen MR) is 127 cm³/mol. The van der Waals surface area contributed by atoms with Crippen LogP contribution in [-0.4, -0.2) is 51.7 Å². The van der Waals surface area contributed by atoms with Crippen LogP contribution >= 0.6 is 12.2 Å². The van der Waals surface area contributed by atoms with Crippen molar-refractivity contribution in [2.75, 3.05) is 31.1 Å². The second-order valence-corrected chi connectivity index (χ2v) is 8.29. The molecule has 0 saturated carbocycles. The minimum atomic E-state index is -1.31. The SMILES string of the molecule is CCn1cc(C(=O)O)c(=O)c2cc(F)c(N3CCN(C(=S)Cc4ccccc4)CC3)cc21. The van der Waals surface area contributed by atoms with Crippen molar-refractivity contribution in [3.8, 4) is 0 Å². The Morgan fingerprint density at radius 3 is 2.44 bits per heavy atom. The maximum atomic E-state index is 15.0. The van der Waals surface area contributed by atoms with Crippen LogP contribution < -0.4 is 10.3 Å². The van der Waals surface area contributed by atoms with Crippen LogP contribution in [0.25, 0.3) is 10.9 Å². The van der Waals surface area contributed by atoms with Gasteiger partial charge in [0.2, 0.25) is 5.43 Å². The molecule has 1 aliphatic heterocycles. The standard InChI is InChI=1S/C24H24FN3O3S/c1-2-26-15-18(24(30)31)23(29)17-13-19(25)21(14-20(17)26)27-8-10-28(11-9-27)22(32)12-16-6-4-3-5-7-16/h3-7,13-15H,2,8-12H2,1H3,(H,30,31). The lowest BCUT2D eigenvalue weighted by atomic mass is 10.1. The molecule has 0 unspecified atom stereocenters. The lowest BCUT2D eigenvalue weighted by Crippen LogP contribution is -2.49. The highest BCUT2D eigenvalue weighted by molar-refractivity contribution is 7.80. The number of carbonyl (C=O) groups is 1. The third-order valence-corrected chi connectivity index (χ3v) is 6.29. The van der Waals surface area contributed by atoms with Crippen LogP contribution in [0, 0.1) is 5.82 Å². The number of rotatable bonds is 5. The van der Waals surface area contributed by atoms with Crippen molar-refractivity contribution >= 4 is 39.8 Å². The number of aryl methyl sites for hydroxylation is 1. The average molecular weight is 454 g/mol. The van der Waals surface area contributed by atoms with Crippen LogP contribution in [0.5, 0.6) is 0 Å². The zero-order chi connectivity index (χ0) is 22.8. The monoisotopic (exact) mass is 453 g/mol. The van der Waals surface area contributed by atoms with Gasteiger partial charge in [0.15, 0.2) is 0 Å². The molecule has 0 radical (unpaired) electrons. The van der Waals surface area contributed by atoms with E-state index in [0.717, 1.165) is 11.1 Å². The molecule has 6 nitrogen and oxygen atoms in total. The summed E-state index contributed by atoms with van der Waals surface area (Å²) in [6.45, 7) is 4.87. The zero-order valence-electron chi connectivity index (χ0n) is 17.8. The lowest BCUT2D eigenvalue weighted by Gasteiger charge is -2.37. The molecular weight excluding hydrogens is 429 g/mol. The predicted octanol–water partition coefficient (Wildman–Crippen LogP) is 3.55. The smallest absolute Gasteiger partial charge is 0.341 e. The van der Waals surface area contributed by atoms with Crippen molar-refractivity contribution in [2.24, 2.45) is 0 Å². The van der Waals surface area contributed by atoms with E-state index in [2.05, 4.69) is 17.0 Å². The van der Waals surface area contributed by atoms with Gasteiger partial charge in [-0.25, -0.2) is 9.18 Å². The summed E-state index contributed by atoms with van der Waals surface area (Å²) in [7, 11) is 0. The van der Waals surface area contributed by atoms with E-state index >= 15 is 4.39 Å². The van der Waals surface area contributed by atoms with Crippen LogP contribution in [-0.2, 0) is 13.0 Å². The van der Waals surface area contributed by atoms with Gasteiger partial charge >= 0.3 is 5.97 Å². The molecule has 0 atom stereocenters. The number of aromatic carboxylic acids is 1. The fraction of sp³-hybridized carbons (Fsp3) is 0.292. The molecule has 1 aromatic heterocycles. The molecule has 2 heterocycles. The summed E-state index contributed by atoms with van der Waals surface area (Å²) >= 11 is 5.63. The van der Waals surface area contributed by atoms with Crippen LogP contribution in [0.3, 0.4) is 0 Å². The number of thiocarbonyl (C=S) groups is 1. The van der Waals surface area contributed by atoms with Gasteiger partial charge < -0.3 is 19.5 Å². The Morgan fingerprint density at radius 1 is 1.12 bits per heavy atom. The Hall–Kier alpha value is -3.26. The number of benzene rings is 2. The second kappa shape index (κ2) is 9.08. The topological polar surface area (TPSA) is 65.8 Å². The maximum absolute atomic E-state index is 15.0. The number of anilines is 1. The van der Waals surface area contributed by atoms with Gasteiger partial charge in [-0.15, -0.1) is 0 Å². The first-order valence-electron chi connectivity index (χ1n) is 10.6. The zero-order valence-corrected chi connectivity index (χ0v) is 18.6. The van der Waals surface area contributed by atoms with Gasteiger partial charge in [0.25, 0.3) is 0 Å². The molecule has 1 fully saturated rings. The van der Waals surface area contributed by atoms with Gasteiger partial charge in [-0.3, -0.25) is 4.79 Å². The normalized spacial score (nSPS) is 14.1. The minimum Gasteiger partial charge on any atom is -0.477 e. The molecule has 0 bridgehead atoms. The third kappa shape index (κ3) is 4.23. The highest BCUT2D eigenvalue weighted by Gasteiger charge is 2.23.